The standard InChI is InChI=1S/C35H34N2O4.C2H6/c1-34(2)28-11-4-5-12-29(28)37(3)35(34)22-36-33-27-10-8-9-26(25(27)18-19-31(33)41-35)30(38)21-23-14-16-24(17-15-23)40-32-13-6-7-20-39-32;1-2/h4-5,8-12,14-19,22,32H,6-7,13,20-21H2,1-3H3;1-2H3. The number of fused-ring (bicyclic) bond motifs is 4. The van der Waals surface area contributed by atoms with Gasteiger partial charge in [0.2, 0.25) is 5.72 Å². The van der Waals surface area contributed by atoms with Crippen LogP contribution in [0.3, 0.4) is 0 Å². The smallest absolute Gasteiger partial charge is 0.228 e. The lowest BCUT2D eigenvalue weighted by molar-refractivity contribution is -0.105. The van der Waals surface area contributed by atoms with E-state index in [-0.39, 0.29) is 17.5 Å². The van der Waals surface area contributed by atoms with Crippen LogP contribution in [-0.2, 0) is 16.6 Å². The number of hydrogen-bond acceptors (Lipinski definition) is 6. The zero-order chi connectivity index (χ0) is 30.2. The molecule has 222 valence electrons. The van der Waals surface area contributed by atoms with Gasteiger partial charge in [0.1, 0.15) is 17.2 Å². The summed E-state index contributed by atoms with van der Waals surface area (Å²) in [4.78, 5) is 20.7. The number of carbonyl (C=O) groups excluding carboxylic acids is 1. The Labute approximate surface area is 254 Å². The fourth-order valence-electron chi connectivity index (χ4n) is 6.58. The maximum Gasteiger partial charge on any atom is 0.228 e. The van der Waals surface area contributed by atoms with Crippen molar-refractivity contribution in [2.24, 2.45) is 4.99 Å². The number of nitrogens with zero attached hydrogens (tertiary/aromatic N) is 2. The molecule has 6 nitrogen and oxygen atoms in total. The van der Waals surface area contributed by atoms with Gasteiger partial charge in [0.25, 0.3) is 0 Å². The van der Waals surface area contributed by atoms with Crippen LogP contribution < -0.4 is 14.4 Å². The molecule has 3 heterocycles. The molecule has 0 N–H and O–H groups in total. The van der Waals surface area contributed by atoms with Crippen LogP contribution in [-0.4, -0.2) is 37.7 Å². The molecule has 7 rings (SSSR count). The van der Waals surface area contributed by atoms with Gasteiger partial charge in [-0.2, -0.15) is 0 Å². The molecule has 0 saturated carbocycles. The molecule has 1 spiro atoms. The number of Topliss-reactive ketones (excluding diaryl/α,β-unsaturated/α-hetero) is 1. The highest BCUT2D eigenvalue weighted by molar-refractivity contribution is 6.12. The largest absolute Gasteiger partial charge is 0.465 e. The molecule has 0 aromatic heterocycles. The Morgan fingerprint density at radius 1 is 0.953 bits per heavy atom. The second-order valence-corrected chi connectivity index (χ2v) is 11.7. The van der Waals surface area contributed by atoms with Gasteiger partial charge in [0, 0.05) is 36.5 Å². The Bertz CT molecular complexity index is 1670. The van der Waals surface area contributed by atoms with Crippen LogP contribution in [0.1, 0.15) is 68.4 Å². The number of ether oxygens (including phenoxy) is 3. The van der Waals surface area contributed by atoms with Crippen molar-refractivity contribution in [3.05, 3.63) is 95.6 Å². The lowest BCUT2D eigenvalue weighted by Crippen LogP contribution is -2.61. The van der Waals surface area contributed by atoms with E-state index in [4.69, 9.17) is 19.2 Å². The van der Waals surface area contributed by atoms with E-state index in [9.17, 15) is 4.79 Å². The highest BCUT2D eigenvalue weighted by Gasteiger charge is 2.58. The number of likely N-dealkylation sites (N-methyl/N-ethyl adjacent to an activating group) is 1. The Morgan fingerprint density at radius 3 is 2.49 bits per heavy atom. The van der Waals surface area contributed by atoms with Crippen molar-refractivity contribution < 1.29 is 19.0 Å². The second kappa shape index (κ2) is 11.5. The van der Waals surface area contributed by atoms with Gasteiger partial charge in [-0.25, -0.2) is 0 Å². The highest BCUT2D eigenvalue weighted by atomic mass is 16.7. The average Bonchev–Trinajstić information content (AvgIpc) is 3.20. The van der Waals surface area contributed by atoms with Gasteiger partial charge < -0.3 is 19.1 Å². The minimum atomic E-state index is -0.746. The molecule has 2 atom stereocenters. The fraction of sp³-hybridized carbons (Fsp3) is 0.351. The van der Waals surface area contributed by atoms with E-state index < -0.39 is 5.72 Å². The first kappa shape index (κ1) is 28.9. The Balaban J connectivity index is 0.00000161. The first-order valence-corrected chi connectivity index (χ1v) is 15.4. The molecule has 43 heavy (non-hydrogen) atoms. The van der Waals surface area contributed by atoms with E-state index in [1.54, 1.807) is 0 Å². The summed E-state index contributed by atoms with van der Waals surface area (Å²) in [5.41, 5.74) is 3.68. The van der Waals surface area contributed by atoms with Crippen LogP contribution in [0.15, 0.2) is 83.9 Å². The molecule has 0 amide bonds. The summed E-state index contributed by atoms with van der Waals surface area (Å²) < 4.78 is 18.5. The van der Waals surface area contributed by atoms with Crippen molar-refractivity contribution in [2.45, 2.75) is 70.8 Å². The molecule has 1 fully saturated rings. The van der Waals surface area contributed by atoms with E-state index in [0.29, 0.717) is 12.0 Å². The van der Waals surface area contributed by atoms with E-state index in [1.807, 2.05) is 74.7 Å². The summed E-state index contributed by atoms with van der Waals surface area (Å²) in [6.07, 6.45) is 5.16. The van der Waals surface area contributed by atoms with Gasteiger partial charge in [0.15, 0.2) is 12.1 Å². The van der Waals surface area contributed by atoms with Crippen LogP contribution in [0, 0.1) is 0 Å². The predicted octanol–water partition coefficient (Wildman–Crippen LogP) is 8.42. The predicted molar refractivity (Wildman–Crippen MR) is 173 cm³/mol. The van der Waals surface area contributed by atoms with E-state index >= 15 is 0 Å². The van der Waals surface area contributed by atoms with E-state index in [1.165, 1.54) is 5.56 Å². The zero-order valence-corrected chi connectivity index (χ0v) is 25.7. The molecule has 0 radical (unpaired) electrons. The molecule has 0 aliphatic carbocycles. The fourth-order valence-corrected chi connectivity index (χ4v) is 6.58. The summed E-state index contributed by atoms with van der Waals surface area (Å²) in [6.45, 7) is 9.15. The number of anilines is 1. The SMILES string of the molecule is CC.CN1c2ccccc2C(C)(C)C12C=Nc1c(ccc3c(C(=O)Cc4ccc(OC5CCCCO5)cc4)cccc13)O2. The quantitative estimate of drug-likeness (QED) is 0.223. The number of para-hydroxylation sites is 1. The lowest BCUT2D eigenvalue weighted by atomic mass is 9.77. The first-order valence-electron chi connectivity index (χ1n) is 15.4. The molecule has 3 aliphatic heterocycles. The van der Waals surface area contributed by atoms with Crippen LogP contribution >= 0.6 is 0 Å². The molecule has 4 aromatic rings. The summed E-state index contributed by atoms with van der Waals surface area (Å²) in [5.74, 6) is 1.54. The molecular weight excluding hydrogens is 536 g/mol. The van der Waals surface area contributed by atoms with Crippen molar-refractivity contribution in [2.75, 3.05) is 18.6 Å². The number of aliphatic imine (C=N–C) groups is 1. The Kier molecular flexibility index (Phi) is 7.74. The Morgan fingerprint density at radius 2 is 1.74 bits per heavy atom. The van der Waals surface area contributed by atoms with Crippen molar-refractivity contribution in [3.63, 3.8) is 0 Å². The van der Waals surface area contributed by atoms with Crippen molar-refractivity contribution in [1.29, 1.82) is 0 Å². The number of ketones is 1. The van der Waals surface area contributed by atoms with Gasteiger partial charge in [-0.3, -0.25) is 9.79 Å². The van der Waals surface area contributed by atoms with Gasteiger partial charge >= 0.3 is 0 Å². The van der Waals surface area contributed by atoms with E-state index in [0.717, 1.165) is 65.1 Å². The third-order valence-corrected chi connectivity index (χ3v) is 8.96. The van der Waals surface area contributed by atoms with Crippen molar-refractivity contribution in [1.82, 2.24) is 0 Å². The van der Waals surface area contributed by atoms with Crippen molar-refractivity contribution >= 4 is 34.1 Å². The van der Waals surface area contributed by atoms with Crippen LogP contribution in [0.25, 0.3) is 10.8 Å². The van der Waals surface area contributed by atoms with Crippen LogP contribution in [0.5, 0.6) is 11.5 Å². The normalized spacial score (nSPS) is 21.4. The summed E-state index contributed by atoms with van der Waals surface area (Å²) >= 11 is 0. The number of hydrogen-bond donors (Lipinski definition) is 0. The van der Waals surface area contributed by atoms with Gasteiger partial charge in [0.05, 0.1) is 18.2 Å². The monoisotopic (exact) mass is 576 g/mol. The van der Waals surface area contributed by atoms with Crippen LogP contribution in [0.2, 0.25) is 0 Å². The maximum atomic E-state index is 13.5. The molecular formula is C37H40N2O4. The maximum absolute atomic E-state index is 13.5. The number of rotatable bonds is 5. The highest BCUT2D eigenvalue weighted by Crippen LogP contribution is 2.54. The number of carbonyl (C=O) groups is 1. The zero-order valence-electron chi connectivity index (χ0n) is 25.7. The van der Waals surface area contributed by atoms with Gasteiger partial charge in [-0.15, -0.1) is 0 Å². The summed E-state index contributed by atoms with van der Waals surface area (Å²) in [6, 6.07) is 26.0. The summed E-state index contributed by atoms with van der Waals surface area (Å²) in [7, 11) is 2.06. The first-order chi connectivity index (χ1) is 20.9. The van der Waals surface area contributed by atoms with Gasteiger partial charge in [-0.1, -0.05) is 62.4 Å². The molecule has 6 heteroatoms. The Hall–Kier alpha value is -4.16. The molecule has 1 saturated heterocycles. The minimum Gasteiger partial charge on any atom is -0.465 e. The number of benzene rings is 4. The minimum absolute atomic E-state index is 0.0594. The summed E-state index contributed by atoms with van der Waals surface area (Å²) in [5, 5.41) is 1.79. The molecule has 3 aliphatic rings. The third-order valence-electron chi connectivity index (χ3n) is 8.96. The van der Waals surface area contributed by atoms with Gasteiger partial charge in [-0.05, 0) is 73.5 Å². The topological polar surface area (TPSA) is 60.4 Å². The van der Waals surface area contributed by atoms with Crippen molar-refractivity contribution in [3.8, 4) is 11.5 Å². The molecule has 0 bridgehead atoms. The average molecular weight is 577 g/mol. The van der Waals surface area contributed by atoms with Crippen LogP contribution in [0.4, 0.5) is 11.4 Å². The molecule has 4 aromatic carbocycles. The lowest BCUT2D eigenvalue weighted by Gasteiger charge is -2.45. The third kappa shape index (κ3) is 4.88. The second-order valence-electron chi connectivity index (χ2n) is 11.7. The molecule has 2 unspecified atom stereocenters. The van der Waals surface area contributed by atoms with E-state index in [2.05, 4.69) is 50.1 Å².